The van der Waals surface area contributed by atoms with E-state index >= 15 is 0 Å². The van der Waals surface area contributed by atoms with Crippen molar-refractivity contribution >= 4 is 16.1 Å². The minimum absolute atomic E-state index is 0.00996. The second-order valence-corrected chi connectivity index (χ2v) is 7.24. The van der Waals surface area contributed by atoms with E-state index in [1.807, 2.05) is 18.2 Å². The lowest BCUT2D eigenvalue weighted by Crippen LogP contribution is -2.50. The van der Waals surface area contributed by atoms with Gasteiger partial charge in [0, 0.05) is 39.3 Å². The number of ether oxygens (including phenoxy) is 1. The number of hydrogen-bond donors (Lipinski definition) is 1. The highest BCUT2D eigenvalue weighted by molar-refractivity contribution is 7.88. The Morgan fingerprint density at radius 1 is 1.17 bits per heavy atom. The van der Waals surface area contributed by atoms with Crippen LogP contribution in [-0.2, 0) is 20.5 Å². The fourth-order valence-corrected chi connectivity index (χ4v) is 3.62. The van der Waals surface area contributed by atoms with Gasteiger partial charge < -0.3 is 9.64 Å². The molecule has 0 spiro atoms. The average molecular weight is 341 g/mol. The van der Waals surface area contributed by atoms with Crippen LogP contribution in [0.2, 0.25) is 0 Å². The van der Waals surface area contributed by atoms with Crippen molar-refractivity contribution in [1.82, 2.24) is 14.5 Å². The first-order chi connectivity index (χ1) is 11.0. The molecule has 1 fully saturated rings. The topological polar surface area (TPSA) is 79.0 Å². The van der Waals surface area contributed by atoms with Crippen LogP contribution in [0.25, 0.3) is 0 Å². The third kappa shape index (κ3) is 5.81. The molecule has 128 valence electrons. The Hall–Kier alpha value is -1.64. The van der Waals surface area contributed by atoms with E-state index in [1.165, 1.54) is 7.11 Å². The Morgan fingerprint density at radius 3 is 2.43 bits per heavy atom. The van der Waals surface area contributed by atoms with Crippen LogP contribution >= 0.6 is 0 Å². The molecule has 1 aromatic carbocycles. The van der Waals surface area contributed by atoms with Gasteiger partial charge in [-0.05, 0) is 5.56 Å². The molecule has 2 rings (SSSR count). The van der Waals surface area contributed by atoms with Gasteiger partial charge in [0.2, 0.25) is 10.0 Å². The molecular weight excluding hydrogens is 318 g/mol. The average Bonchev–Trinajstić information content (AvgIpc) is 2.55. The number of rotatable bonds is 6. The standard InChI is InChI=1S/C15H23N3O4S/c1-22-15(19)18-11-9-17(10-12-18)8-7-16-23(20,21)13-14-5-3-2-4-6-14/h2-6,16H,7-13H2,1H3. The summed E-state index contributed by atoms with van der Waals surface area (Å²) in [6.45, 7) is 3.63. The third-order valence-electron chi connectivity index (χ3n) is 3.75. The van der Waals surface area contributed by atoms with Crippen molar-refractivity contribution < 1.29 is 17.9 Å². The smallest absolute Gasteiger partial charge is 0.409 e. The molecule has 0 aliphatic carbocycles. The normalized spacial score (nSPS) is 16.3. The summed E-state index contributed by atoms with van der Waals surface area (Å²) in [5.74, 6) is -0.00996. The summed E-state index contributed by atoms with van der Waals surface area (Å²) in [5, 5.41) is 0. The van der Waals surface area contributed by atoms with Crippen molar-refractivity contribution in [3.8, 4) is 0 Å². The van der Waals surface area contributed by atoms with Crippen LogP contribution in [0, 0.1) is 0 Å². The maximum absolute atomic E-state index is 12.0. The predicted octanol–water partition coefficient (Wildman–Crippen LogP) is 0.490. The SMILES string of the molecule is COC(=O)N1CCN(CCNS(=O)(=O)Cc2ccccc2)CC1. The first-order valence-corrected chi connectivity index (χ1v) is 9.22. The Bertz CT molecular complexity index is 598. The van der Waals surface area contributed by atoms with E-state index in [0.717, 1.165) is 18.7 Å². The van der Waals surface area contributed by atoms with Crippen molar-refractivity contribution in [3.05, 3.63) is 35.9 Å². The summed E-state index contributed by atoms with van der Waals surface area (Å²) in [5.41, 5.74) is 0.770. The molecule has 7 nitrogen and oxygen atoms in total. The molecule has 0 aromatic heterocycles. The molecule has 1 heterocycles. The molecule has 8 heteroatoms. The quantitative estimate of drug-likeness (QED) is 0.815. The van der Waals surface area contributed by atoms with Gasteiger partial charge in [0.25, 0.3) is 0 Å². The predicted molar refractivity (Wildman–Crippen MR) is 87.5 cm³/mol. The van der Waals surface area contributed by atoms with E-state index in [-0.39, 0.29) is 11.8 Å². The molecular formula is C15H23N3O4S. The summed E-state index contributed by atoms with van der Waals surface area (Å²) >= 11 is 0. The fourth-order valence-electron chi connectivity index (χ4n) is 2.49. The molecule has 1 aliphatic heterocycles. The lowest BCUT2D eigenvalue weighted by molar-refractivity contribution is 0.0918. The molecule has 0 bridgehead atoms. The van der Waals surface area contributed by atoms with Gasteiger partial charge in [-0.15, -0.1) is 0 Å². The number of carbonyl (C=O) groups excluding carboxylic acids is 1. The van der Waals surface area contributed by atoms with Crippen LogP contribution in [-0.4, -0.2) is 70.7 Å². The zero-order valence-electron chi connectivity index (χ0n) is 13.3. The number of hydrogen-bond acceptors (Lipinski definition) is 5. The Balaban J connectivity index is 1.70. The van der Waals surface area contributed by atoms with E-state index in [1.54, 1.807) is 17.0 Å². The number of amides is 1. The van der Waals surface area contributed by atoms with Gasteiger partial charge in [-0.25, -0.2) is 17.9 Å². The van der Waals surface area contributed by atoms with Crippen LogP contribution in [0.5, 0.6) is 0 Å². The molecule has 0 atom stereocenters. The highest BCUT2D eigenvalue weighted by Crippen LogP contribution is 2.05. The van der Waals surface area contributed by atoms with Gasteiger partial charge in [0.15, 0.2) is 0 Å². The van der Waals surface area contributed by atoms with Crippen LogP contribution in [0.15, 0.2) is 30.3 Å². The van der Waals surface area contributed by atoms with E-state index in [2.05, 4.69) is 14.4 Å². The Morgan fingerprint density at radius 2 is 1.83 bits per heavy atom. The summed E-state index contributed by atoms with van der Waals surface area (Å²) in [7, 11) is -1.95. The largest absolute Gasteiger partial charge is 0.453 e. The van der Waals surface area contributed by atoms with Gasteiger partial charge in [0.05, 0.1) is 12.9 Å². The summed E-state index contributed by atoms with van der Waals surface area (Å²) < 4.78 is 31.4. The van der Waals surface area contributed by atoms with Gasteiger partial charge in [-0.1, -0.05) is 30.3 Å². The highest BCUT2D eigenvalue weighted by Gasteiger charge is 2.21. The Kier molecular flexibility index (Phi) is 6.37. The second-order valence-electron chi connectivity index (χ2n) is 5.44. The molecule has 0 saturated carbocycles. The van der Waals surface area contributed by atoms with Gasteiger partial charge in [0.1, 0.15) is 0 Å². The van der Waals surface area contributed by atoms with Crippen molar-refractivity contribution in [3.63, 3.8) is 0 Å². The van der Waals surface area contributed by atoms with Crippen LogP contribution in [0.3, 0.4) is 0 Å². The van der Waals surface area contributed by atoms with Gasteiger partial charge in [-0.3, -0.25) is 4.90 Å². The number of benzene rings is 1. The van der Waals surface area contributed by atoms with Crippen molar-refractivity contribution in [2.24, 2.45) is 0 Å². The molecule has 1 amide bonds. The molecule has 1 saturated heterocycles. The lowest BCUT2D eigenvalue weighted by Gasteiger charge is -2.33. The zero-order chi connectivity index (χ0) is 16.7. The number of nitrogens with zero attached hydrogens (tertiary/aromatic N) is 2. The minimum Gasteiger partial charge on any atom is -0.453 e. The van der Waals surface area contributed by atoms with Gasteiger partial charge in [-0.2, -0.15) is 0 Å². The molecule has 0 radical (unpaired) electrons. The molecule has 1 aliphatic rings. The van der Waals surface area contributed by atoms with E-state index in [0.29, 0.717) is 26.2 Å². The number of methoxy groups -OCH3 is 1. The summed E-state index contributed by atoms with van der Waals surface area (Å²) in [4.78, 5) is 15.2. The Labute approximate surface area is 137 Å². The van der Waals surface area contributed by atoms with Crippen molar-refractivity contribution in [2.75, 3.05) is 46.4 Å². The van der Waals surface area contributed by atoms with Gasteiger partial charge >= 0.3 is 6.09 Å². The second kappa shape index (κ2) is 8.28. The van der Waals surface area contributed by atoms with E-state index in [4.69, 9.17) is 0 Å². The van der Waals surface area contributed by atoms with Crippen LogP contribution in [0.4, 0.5) is 4.79 Å². The fraction of sp³-hybridized carbons (Fsp3) is 0.533. The van der Waals surface area contributed by atoms with E-state index < -0.39 is 10.0 Å². The monoisotopic (exact) mass is 341 g/mol. The van der Waals surface area contributed by atoms with E-state index in [9.17, 15) is 13.2 Å². The molecule has 0 unspecified atom stereocenters. The maximum Gasteiger partial charge on any atom is 0.409 e. The number of carbonyl (C=O) groups is 1. The highest BCUT2D eigenvalue weighted by atomic mass is 32.2. The molecule has 23 heavy (non-hydrogen) atoms. The third-order valence-corrected chi connectivity index (χ3v) is 5.11. The summed E-state index contributed by atoms with van der Waals surface area (Å²) in [6.07, 6.45) is -0.312. The van der Waals surface area contributed by atoms with Crippen LogP contribution in [0.1, 0.15) is 5.56 Å². The van der Waals surface area contributed by atoms with Crippen molar-refractivity contribution in [1.29, 1.82) is 0 Å². The molecule has 1 aromatic rings. The minimum atomic E-state index is -3.32. The lowest BCUT2D eigenvalue weighted by atomic mass is 10.2. The molecule has 1 N–H and O–H groups in total. The number of piperazine rings is 1. The number of sulfonamides is 1. The van der Waals surface area contributed by atoms with Crippen molar-refractivity contribution in [2.45, 2.75) is 5.75 Å². The first kappa shape index (κ1) is 17.7. The zero-order valence-corrected chi connectivity index (χ0v) is 14.1. The first-order valence-electron chi connectivity index (χ1n) is 7.57. The van der Waals surface area contributed by atoms with Crippen LogP contribution < -0.4 is 4.72 Å². The maximum atomic E-state index is 12.0. The number of nitrogens with one attached hydrogen (secondary N) is 1. The summed E-state index contributed by atoms with van der Waals surface area (Å²) in [6, 6.07) is 9.10.